The predicted molar refractivity (Wildman–Crippen MR) is 67.5 cm³/mol. The Morgan fingerprint density at radius 2 is 1.60 bits per heavy atom. The molecule has 1 heterocycles. The molecule has 0 aliphatic carbocycles. The molecule has 0 saturated carbocycles. The summed E-state index contributed by atoms with van der Waals surface area (Å²) in [5.41, 5.74) is 0. The van der Waals surface area contributed by atoms with Crippen LogP contribution in [0.25, 0.3) is 0 Å². The highest BCUT2D eigenvalue weighted by atomic mass is 16.5. The number of likely N-dealkylation sites (tertiary alicyclic amines) is 1. The van der Waals surface area contributed by atoms with Crippen molar-refractivity contribution in [2.24, 2.45) is 5.92 Å². The van der Waals surface area contributed by atoms with Crippen LogP contribution in [0.5, 0.6) is 0 Å². The summed E-state index contributed by atoms with van der Waals surface area (Å²) in [6, 6.07) is -1.64. The Morgan fingerprint density at radius 1 is 1.10 bits per heavy atom. The van der Waals surface area contributed by atoms with Gasteiger partial charge in [0.1, 0.15) is 0 Å². The third-order valence-corrected chi connectivity index (χ3v) is 2.97. The number of carbonyl (C=O) groups is 4. The Kier molecular flexibility index (Phi) is 5.24. The molecule has 0 radical (unpaired) electrons. The van der Waals surface area contributed by atoms with Crippen molar-refractivity contribution in [3.63, 3.8) is 0 Å². The fourth-order valence-corrected chi connectivity index (χ4v) is 2.19. The van der Waals surface area contributed by atoms with E-state index >= 15 is 0 Å². The number of ketones is 1. The first-order valence-electron chi connectivity index (χ1n) is 6.56. The molecule has 1 aliphatic heterocycles. The largest absolute Gasteiger partial charge is 0.465 e. The summed E-state index contributed by atoms with van der Waals surface area (Å²) in [5, 5.41) is 0. The number of carbonyl (C=O) groups excluding carboxylic acids is 4. The molecule has 0 bridgehead atoms. The van der Waals surface area contributed by atoms with Gasteiger partial charge < -0.3 is 14.4 Å². The number of esters is 2. The highest BCUT2D eigenvalue weighted by Crippen LogP contribution is 2.27. The van der Waals surface area contributed by atoms with E-state index in [1.807, 2.05) is 0 Å². The lowest BCUT2D eigenvalue weighted by Gasteiger charge is -2.27. The monoisotopic (exact) mass is 285 g/mol. The zero-order chi connectivity index (χ0) is 15.4. The minimum Gasteiger partial charge on any atom is -0.465 e. The van der Waals surface area contributed by atoms with Crippen LogP contribution in [0.1, 0.15) is 27.7 Å². The van der Waals surface area contributed by atoms with E-state index in [1.165, 1.54) is 0 Å². The molecule has 7 heteroatoms. The fourth-order valence-electron chi connectivity index (χ4n) is 2.19. The van der Waals surface area contributed by atoms with Crippen LogP contribution >= 0.6 is 0 Å². The molecule has 1 fully saturated rings. The molecule has 112 valence electrons. The predicted octanol–water partition coefficient (Wildman–Crippen LogP) is -0.0829. The van der Waals surface area contributed by atoms with Gasteiger partial charge in [0.25, 0.3) is 5.91 Å². The van der Waals surface area contributed by atoms with Crippen molar-refractivity contribution < 1.29 is 28.7 Å². The number of hydrogen-bond acceptors (Lipinski definition) is 6. The molecule has 0 N–H and O–H groups in total. The smallest absolute Gasteiger partial charge is 0.330 e. The van der Waals surface area contributed by atoms with Gasteiger partial charge in [0, 0.05) is 6.04 Å². The zero-order valence-electron chi connectivity index (χ0n) is 12.0. The summed E-state index contributed by atoms with van der Waals surface area (Å²) in [4.78, 5) is 48.8. The summed E-state index contributed by atoms with van der Waals surface area (Å²) >= 11 is 0. The first-order valence-corrected chi connectivity index (χ1v) is 6.56. The summed E-state index contributed by atoms with van der Waals surface area (Å²) < 4.78 is 9.65. The van der Waals surface area contributed by atoms with Gasteiger partial charge in [-0.1, -0.05) is 0 Å². The standard InChI is InChI=1S/C13H19NO6/c1-5-19-12(17)8-9(13(18)20-6-2)14(7(3)4)11(16)10(8)15/h7-9H,5-6H2,1-4H3/t8-,9+/m0/s1. The SMILES string of the molecule is CCOC(=O)[C@@H]1C(=O)C(=O)N(C(C)C)[C@H]1C(=O)OCC. The van der Waals surface area contributed by atoms with E-state index in [-0.39, 0.29) is 13.2 Å². The Hall–Kier alpha value is -1.92. The minimum atomic E-state index is -1.44. The van der Waals surface area contributed by atoms with Crippen molar-refractivity contribution in [1.82, 2.24) is 4.90 Å². The van der Waals surface area contributed by atoms with Crippen molar-refractivity contribution >= 4 is 23.6 Å². The molecule has 1 saturated heterocycles. The number of hydrogen-bond donors (Lipinski definition) is 0. The second-order valence-corrected chi connectivity index (χ2v) is 4.60. The molecule has 0 aromatic heterocycles. The lowest BCUT2D eigenvalue weighted by atomic mass is 9.99. The number of nitrogens with zero attached hydrogens (tertiary/aromatic N) is 1. The maximum atomic E-state index is 12.0. The minimum absolute atomic E-state index is 0.0635. The van der Waals surface area contributed by atoms with Crippen LogP contribution in [-0.2, 0) is 28.7 Å². The van der Waals surface area contributed by atoms with Gasteiger partial charge in [0.05, 0.1) is 13.2 Å². The second kappa shape index (κ2) is 6.49. The van der Waals surface area contributed by atoms with Gasteiger partial charge in [0.15, 0.2) is 12.0 Å². The van der Waals surface area contributed by atoms with Crippen LogP contribution in [0.2, 0.25) is 0 Å². The van der Waals surface area contributed by atoms with E-state index in [0.717, 1.165) is 4.90 Å². The third kappa shape index (κ3) is 2.81. The first-order chi connectivity index (χ1) is 9.36. The summed E-state index contributed by atoms with van der Waals surface area (Å²) in [6.45, 7) is 6.66. The van der Waals surface area contributed by atoms with E-state index in [0.29, 0.717) is 0 Å². The highest BCUT2D eigenvalue weighted by molar-refractivity contribution is 6.43. The maximum Gasteiger partial charge on any atom is 0.330 e. The Morgan fingerprint density at radius 3 is 2.05 bits per heavy atom. The number of Topliss-reactive ketones (excluding diaryl/α,β-unsaturated/α-hetero) is 1. The normalized spacial score (nSPS) is 22.4. The number of amides is 1. The van der Waals surface area contributed by atoms with Gasteiger partial charge in [-0.25, -0.2) is 4.79 Å². The molecule has 1 aliphatic rings. The maximum absolute atomic E-state index is 12.0. The van der Waals surface area contributed by atoms with Crippen molar-refractivity contribution in [1.29, 1.82) is 0 Å². The van der Waals surface area contributed by atoms with Gasteiger partial charge >= 0.3 is 11.9 Å². The van der Waals surface area contributed by atoms with Gasteiger partial charge in [-0.15, -0.1) is 0 Å². The summed E-state index contributed by atoms with van der Waals surface area (Å²) in [5.74, 6) is -4.85. The fraction of sp³-hybridized carbons (Fsp3) is 0.692. The van der Waals surface area contributed by atoms with E-state index in [2.05, 4.69) is 0 Å². The average molecular weight is 285 g/mol. The number of ether oxygens (including phenoxy) is 2. The van der Waals surface area contributed by atoms with E-state index in [4.69, 9.17) is 9.47 Å². The molecule has 0 aromatic rings. The van der Waals surface area contributed by atoms with Crippen LogP contribution in [0, 0.1) is 5.92 Å². The van der Waals surface area contributed by atoms with Gasteiger partial charge in [-0.2, -0.15) is 0 Å². The van der Waals surface area contributed by atoms with Gasteiger partial charge in [0.2, 0.25) is 5.78 Å². The summed E-state index contributed by atoms with van der Waals surface area (Å²) in [6.07, 6.45) is 0. The molecule has 1 rings (SSSR count). The molecule has 0 aromatic carbocycles. The van der Waals surface area contributed by atoms with Crippen LogP contribution in [0.3, 0.4) is 0 Å². The third-order valence-electron chi connectivity index (χ3n) is 2.97. The Balaban J connectivity index is 3.17. The highest BCUT2D eigenvalue weighted by Gasteiger charge is 2.56. The van der Waals surface area contributed by atoms with Crippen LogP contribution < -0.4 is 0 Å². The van der Waals surface area contributed by atoms with Crippen LogP contribution in [0.4, 0.5) is 0 Å². The van der Waals surface area contributed by atoms with Crippen LogP contribution in [-0.4, -0.2) is 53.8 Å². The molecule has 2 atom stereocenters. The van der Waals surface area contributed by atoms with Crippen LogP contribution in [0.15, 0.2) is 0 Å². The quantitative estimate of drug-likeness (QED) is 0.398. The Labute approximate surface area is 117 Å². The second-order valence-electron chi connectivity index (χ2n) is 4.60. The molecule has 1 amide bonds. The van der Waals surface area contributed by atoms with Crippen molar-refractivity contribution in [3.8, 4) is 0 Å². The first kappa shape index (κ1) is 16.1. The van der Waals surface area contributed by atoms with E-state index in [1.54, 1.807) is 27.7 Å². The van der Waals surface area contributed by atoms with Crippen molar-refractivity contribution in [3.05, 3.63) is 0 Å². The lowest BCUT2D eigenvalue weighted by Crippen LogP contribution is -2.47. The topological polar surface area (TPSA) is 90.0 Å². The van der Waals surface area contributed by atoms with E-state index in [9.17, 15) is 19.2 Å². The molecule has 0 unspecified atom stereocenters. The zero-order valence-corrected chi connectivity index (χ0v) is 12.0. The average Bonchev–Trinajstić information content (AvgIpc) is 2.63. The Bertz CT molecular complexity index is 431. The van der Waals surface area contributed by atoms with Crippen molar-refractivity contribution in [2.45, 2.75) is 39.8 Å². The van der Waals surface area contributed by atoms with Gasteiger partial charge in [-0.05, 0) is 27.7 Å². The number of rotatable bonds is 5. The summed E-state index contributed by atoms with van der Waals surface area (Å²) in [7, 11) is 0. The molecule has 7 nitrogen and oxygen atoms in total. The molecular formula is C13H19NO6. The molecule has 20 heavy (non-hydrogen) atoms. The van der Waals surface area contributed by atoms with E-state index < -0.39 is 41.6 Å². The van der Waals surface area contributed by atoms with Gasteiger partial charge in [-0.3, -0.25) is 14.4 Å². The molecule has 0 spiro atoms. The molecular weight excluding hydrogens is 266 g/mol. The lowest BCUT2D eigenvalue weighted by molar-refractivity contribution is -0.160. The van der Waals surface area contributed by atoms with Crippen molar-refractivity contribution in [2.75, 3.05) is 13.2 Å².